The van der Waals surface area contributed by atoms with Gasteiger partial charge in [0.15, 0.2) is 0 Å². The number of hydrogen-bond donors (Lipinski definition) is 1. The van der Waals surface area contributed by atoms with Crippen molar-refractivity contribution in [3.05, 3.63) is 64.5 Å². The molecule has 0 aliphatic carbocycles. The second kappa shape index (κ2) is 5.98. The topological polar surface area (TPSA) is 24.9 Å². The van der Waals surface area contributed by atoms with E-state index < -0.39 is 0 Å². The molecule has 1 aromatic carbocycles. The zero-order valence-corrected chi connectivity index (χ0v) is 12.2. The van der Waals surface area contributed by atoms with Gasteiger partial charge in [-0.25, -0.2) is 0 Å². The van der Waals surface area contributed by atoms with Gasteiger partial charge in [0.25, 0.3) is 0 Å². The van der Waals surface area contributed by atoms with E-state index in [0.29, 0.717) is 0 Å². The summed E-state index contributed by atoms with van der Waals surface area (Å²) in [4.78, 5) is 4.28. The maximum Gasteiger partial charge on any atom is 0.0577 e. The fourth-order valence-electron chi connectivity index (χ4n) is 2.32. The molecule has 0 fully saturated rings. The molecular formula is C17H22N2. The van der Waals surface area contributed by atoms with E-state index >= 15 is 0 Å². The summed E-state index contributed by atoms with van der Waals surface area (Å²) in [5.41, 5.74) is 6.33. The predicted molar refractivity (Wildman–Crippen MR) is 80.4 cm³/mol. The van der Waals surface area contributed by atoms with Gasteiger partial charge < -0.3 is 5.32 Å². The molecular weight excluding hydrogens is 232 g/mol. The van der Waals surface area contributed by atoms with Gasteiger partial charge in [0, 0.05) is 11.9 Å². The van der Waals surface area contributed by atoms with Crippen LogP contribution in [0.1, 0.15) is 40.9 Å². The van der Waals surface area contributed by atoms with Gasteiger partial charge in [-0.05, 0) is 61.7 Å². The lowest BCUT2D eigenvalue weighted by Crippen LogP contribution is -2.22. The second-order valence-electron chi connectivity index (χ2n) is 5.06. The Hall–Kier alpha value is -1.67. The molecule has 0 bridgehead atoms. The lowest BCUT2D eigenvalue weighted by molar-refractivity contribution is 0.629. The first-order valence-electron chi connectivity index (χ1n) is 6.85. The summed E-state index contributed by atoms with van der Waals surface area (Å²) in [7, 11) is 0. The SMILES string of the molecule is CCNC(c1ccnc(C)c1)c1ccc(C)c(C)c1. The third kappa shape index (κ3) is 3.21. The average molecular weight is 254 g/mol. The summed E-state index contributed by atoms with van der Waals surface area (Å²) in [6, 6.07) is 11.2. The Labute approximate surface area is 115 Å². The molecule has 0 saturated heterocycles. The zero-order valence-electron chi connectivity index (χ0n) is 12.2. The highest BCUT2D eigenvalue weighted by molar-refractivity contribution is 5.37. The molecule has 1 atom stereocenters. The molecule has 2 rings (SSSR count). The van der Waals surface area contributed by atoms with Crippen LogP contribution in [-0.4, -0.2) is 11.5 Å². The Morgan fingerprint density at radius 3 is 2.37 bits per heavy atom. The Morgan fingerprint density at radius 2 is 1.74 bits per heavy atom. The number of nitrogens with zero attached hydrogens (tertiary/aromatic N) is 1. The van der Waals surface area contributed by atoms with E-state index in [0.717, 1.165) is 12.2 Å². The molecule has 2 nitrogen and oxygen atoms in total. The van der Waals surface area contributed by atoms with Crippen LogP contribution in [0.25, 0.3) is 0 Å². The number of pyridine rings is 1. The number of aromatic nitrogens is 1. The molecule has 0 spiro atoms. The van der Waals surface area contributed by atoms with Crippen molar-refractivity contribution in [3.8, 4) is 0 Å². The first-order chi connectivity index (χ1) is 9.11. The highest BCUT2D eigenvalue weighted by atomic mass is 14.9. The van der Waals surface area contributed by atoms with Gasteiger partial charge in [0.2, 0.25) is 0 Å². The van der Waals surface area contributed by atoms with Crippen molar-refractivity contribution in [2.75, 3.05) is 6.54 Å². The number of benzene rings is 1. The van der Waals surface area contributed by atoms with Crippen molar-refractivity contribution in [3.63, 3.8) is 0 Å². The van der Waals surface area contributed by atoms with E-state index in [1.54, 1.807) is 0 Å². The zero-order chi connectivity index (χ0) is 13.8. The highest BCUT2D eigenvalue weighted by Gasteiger charge is 2.13. The second-order valence-corrected chi connectivity index (χ2v) is 5.06. The first kappa shape index (κ1) is 13.8. The van der Waals surface area contributed by atoms with Crippen molar-refractivity contribution >= 4 is 0 Å². The van der Waals surface area contributed by atoms with Crippen molar-refractivity contribution in [2.24, 2.45) is 0 Å². The molecule has 2 heteroatoms. The van der Waals surface area contributed by atoms with Crippen LogP contribution < -0.4 is 5.32 Å². The van der Waals surface area contributed by atoms with Gasteiger partial charge in [-0.15, -0.1) is 0 Å². The minimum absolute atomic E-state index is 0.242. The molecule has 1 N–H and O–H groups in total. The van der Waals surface area contributed by atoms with Crippen LogP contribution in [0.2, 0.25) is 0 Å². The predicted octanol–water partition coefficient (Wildman–Crippen LogP) is 3.71. The minimum atomic E-state index is 0.242. The Bertz CT molecular complexity index is 561. The Kier molecular flexibility index (Phi) is 4.33. The molecule has 19 heavy (non-hydrogen) atoms. The molecule has 1 unspecified atom stereocenters. The molecule has 2 aromatic rings. The molecule has 100 valence electrons. The van der Waals surface area contributed by atoms with Crippen LogP contribution >= 0.6 is 0 Å². The molecule has 1 aromatic heterocycles. The summed E-state index contributed by atoms with van der Waals surface area (Å²) in [6.07, 6.45) is 1.88. The molecule has 0 aliphatic heterocycles. The van der Waals surface area contributed by atoms with Gasteiger partial charge in [-0.3, -0.25) is 4.98 Å². The molecule has 0 aliphatic rings. The van der Waals surface area contributed by atoms with Gasteiger partial charge in [-0.2, -0.15) is 0 Å². The smallest absolute Gasteiger partial charge is 0.0577 e. The maximum atomic E-state index is 4.28. The standard InChI is InChI=1S/C17H22N2/c1-5-18-17(16-8-9-19-14(4)11-16)15-7-6-12(2)13(3)10-15/h6-11,17-18H,5H2,1-4H3. The summed E-state index contributed by atoms with van der Waals surface area (Å²) in [6.45, 7) is 9.44. The summed E-state index contributed by atoms with van der Waals surface area (Å²) in [5, 5.41) is 3.56. The van der Waals surface area contributed by atoms with Crippen molar-refractivity contribution < 1.29 is 0 Å². The van der Waals surface area contributed by atoms with E-state index in [1.165, 1.54) is 22.3 Å². The van der Waals surface area contributed by atoms with Crippen molar-refractivity contribution in [1.82, 2.24) is 10.3 Å². The molecule has 0 radical (unpaired) electrons. The lowest BCUT2D eigenvalue weighted by Gasteiger charge is -2.20. The van der Waals surface area contributed by atoms with Gasteiger partial charge in [-0.1, -0.05) is 25.1 Å². The van der Waals surface area contributed by atoms with Crippen LogP contribution in [0.15, 0.2) is 36.5 Å². The summed E-state index contributed by atoms with van der Waals surface area (Å²) < 4.78 is 0. The maximum absolute atomic E-state index is 4.28. The van der Waals surface area contributed by atoms with Crippen LogP contribution in [0.4, 0.5) is 0 Å². The van der Waals surface area contributed by atoms with E-state index in [4.69, 9.17) is 0 Å². The Balaban J connectivity index is 2.42. The molecule has 0 saturated carbocycles. The average Bonchev–Trinajstić information content (AvgIpc) is 2.39. The van der Waals surface area contributed by atoms with E-state index in [1.807, 2.05) is 13.1 Å². The van der Waals surface area contributed by atoms with Crippen LogP contribution in [0.5, 0.6) is 0 Å². The third-order valence-electron chi connectivity index (χ3n) is 3.53. The van der Waals surface area contributed by atoms with Crippen LogP contribution in [0.3, 0.4) is 0 Å². The van der Waals surface area contributed by atoms with E-state index in [-0.39, 0.29) is 6.04 Å². The molecule has 1 heterocycles. The highest BCUT2D eigenvalue weighted by Crippen LogP contribution is 2.24. The Morgan fingerprint density at radius 1 is 1.00 bits per heavy atom. The van der Waals surface area contributed by atoms with Gasteiger partial charge >= 0.3 is 0 Å². The first-order valence-corrected chi connectivity index (χ1v) is 6.85. The minimum Gasteiger partial charge on any atom is -0.307 e. The number of hydrogen-bond acceptors (Lipinski definition) is 2. The fraction of sp³-hybridized carbons (Fsp3) is 0.353. The quantitative estimate of drug-likeness (QED) is 0.899. The fourth-order valence-corrected chi connectivity index (χ4v) is 2.32. The van der Waals surface area contributed by atoms with Crippen molar-refractivity contribution in [1.29, 1.82) is 0 Å². The number of nitrogens with one attached hydrogen (secondary N) is 1. The summed E-state index contributed by atoms with van der Waals surface area (Å²) in [5.74, 6) is 0. The van der Waals surface area contributed by atoms with Gasteiger partial charge in [0.1, 0.15) is 0 Å². The normalized spacial score (nSPS) is 12.4. The van der Waals surface area contributed by atoms with Crippen molar-refractivity contribution in [2.45, 2.75) is 33.7 Å². The monoisotopic (exact) mass is 254 g/mol. The number of aryl methyl sites for hydroxylation is 3. The third-order valence-corrected chi connectivity index (χ3v) is 3.53. The lowest BCUT2D eigenvalue weighted by atomic mass is 9.96. The van der Waals surface area contributed by atoms with Crippen LogP contribution in [0, 0.1) is 20.8 Å². The van der Waals surface area contributed by atoms with Gasteiger partial charge in [0.05, 0.1) is 6.04 Å². The number of rotatable bonds is 4. The van der Waals surface area contributed by atoms with E-state index in [9.17, 15) is 0 Å². The van der Waals surface area contributed by atoms with E-state index in [2.05, 4.69) is 61.4 Å². The largest absolute Gasteiger partial charge is 0.307 e. The van der Waals surface area contributed by atoms with Crippen LogP contribution in [-0.2, 0) is 0 Å². The summed E-state index contributed by atoms with van der Waals surface area (Å²) >= 11 is 0. The molecule has 0 amide bonds.